The summed E-state index contributed by atoms with van der Waals surface area (Å²) in [6.07, 6.45) is 0. The van der Waals surface area contributed by atoms with E-state index in [9.17, 15) is 0 Å². The van der Waals surface area contributed by atoms with Gasteiger partial charge in [0.1, 0.15) is 0 Å². The van der Waals surface area contributed by atoms with Gasteiger partial charge in [-0.15, -0.1) is 0 Å². The molecule has 0 radical (unpaired) electrons. The summed E-state index contributed by atoms with van der Waals surface area (Å²) in [5, 5.41) is 7.58. The topological polar surface area (TPSA) is 30.5 Å². The predicted molar refractivity (Wildman–Crippen MR) is 92.9 cm³/mol. The van der Waals surface area contributed by atoms with E-state index in [2.05, 4.69) is 75.8 Å². The molecule has 0 saturated carbocycles. The molecule has 0 atom stereocenters. The highest BCUT2D eigenvalue weighted by atomic mass is 32.1. The Hall–Kier alpha value is -0.390. The van der Waals surface area contributed by atoms with Crippen molar-refractivity contribution in [1.82, 2.24) is 20.4 Å². The molecule has 0 bridgehead atoms. The van der Waals surface area contributed by atoms with Crippen LogP contribution in [-0.4, -0.2) is 52.4 Å². The van der Waals surface area contributed by atoms with E-state index in [1.165, 1.54) is 0 Å². The first-order valence-electron chi connectivity index (χ1n) is 7.74. The highest BCUT2D eigenvalue weighted by Crippen LogP contribution is 2.12. The third-order valence-corrected chi connectivity index (χ3v) is 4.15. The molecule has 0 aliphatic carbocycles. The van der Waals surface area contributed by atoms with Gasteiger partial charge in [-0.1, -0.05) is 27.7 Å². The van der Waals surface area contributed by atoms with E-state index in [1.807, 2.05) is 0 Å². The van der Waals surface area contributed by atoms with Crippen LogP contribution in [0.5, 0.6) is 0 Å². The lowest BCUT2D eigenvalue weighted by atomic mass is 10.2. The van der Waals surface area contributed by atoms with E-state index in [0.29, 0.717) is 5.11 Å². The number of nitrogens with one attached hydrogen (secondary N) is 2. The Balaban J connectivity index is 4.70. The van der Waals surface area contributed by atoms with Crippen molar-refractivity contribution in [3.05, 3.63) is 0 Å². The molecule has 0 fully saturated rings. The van der Waals surface area contributed by atoms with E-state index < -0.39 is 0 Å². The average Bonchev–Trinajstić information content (AvgIpc) is 2.29. The monoisotopic (exact) mass is 302 g/mol. The van der Waals surface area contributed by atoms with Gasteiger partial charge in [0.25, 0.3) is 0 Å². The van der Waals surface area contributed by atoms with Crippen molar-refractivity contribution in [3.63, 3.8) is 0 Å². The van der Waals surface area contributed by atoms with Crippen molar-refractivity contribution in [3.8, 4) is 0 Å². The van der Waals surface area contributed by atoms with Crippen LogP contribution in [0, 0.1) is 0 Å². The van der Waals surface area contributed by atoms with Crippen LogP contribution in [0.25, 0.3) is 0 Å². The van der Waals surface area contributed by atoms with E-state index in [0.717, 1.165) is 26.2 Å². The zero-order chi connectivity index (χ0) is 16.0. The van der Waals surface area contributed by atoms with Crippen molar-refractivity contribution < 1.29 is 0 Å². The number of hydrogen-bond donors (Lipinski definition) is 2. The molecule has 5 heteroatoms. The maximum Gasteiger partial charge on any atom is 0.169 e. The fourth-order valence-corrected chi connectivity index (χ4v) is 3.27. The molecule has 0 amide bonds. The molecule has 20 heavy (non-hydrogen) atoms. The summed E-state index contributed by atoms with van der Waals surface area (Å²) in [5.41, 5.74) is -0.292. The predicted octanol–water partition coefficient (Wildman–Crippen LogP) is 2.61. The lowest BCUT2D eigenvalue weighted by molar-refractivity contribution is 0.105. The number of hydrogen-bond acceptors (Lipinski definition) is 3. The zero-order valence-corrected chi connectivity index (χ0v) is 15.4. The van der Waals surface area contributed by atoms with Crippen molar-refractivity contribution in [1.29, 1.82) is 0 Å². The molecular formula is C15H34N4S. The normalized spacial score (nSPS) is 12.9. The molecule has 0 saturated heterocycles. The number of thiocarbonyl (C=S) groups is 1. The molecule has 4 nitrogen and oxygen atoms in total. The Kier molecular flexibility index (Phi) is 7.99. The minimum atomic E-state index is -0.146. The Morgan fingerprint density at radius 1 is 0.750 bits per heavy atom. The highest BCUT2D eigenvalue weighted by molar-refractivity contribution is 7.80. The summed E-state index contributed by atoms with van der Waals surface area (Å²) in [6.45, 7) is 21.3. The summed E-state index contributed by atoms with van der Waals surface area (Å²) in [5.74, 6) is 0. The van der Waals surface area contributed by atoms with Gasteiger partial charge in [-0.05, 0) is 66.1 Å². The van der Waals surface area contributed by atoms with E-state index in [4.69, 9.17) is 12.2 Å². The van der Waals surface area contributed by atoms with Crippen LogP contribution in [0.3, 0.4) is 0 Å². The summed E-state index contributed by atoms with van der Waals surface area (Å²) in [4.78, 5) is 4.71. The van der Waals surface area contributed by atoms with Gasteiger partial charge in [-0.25, -0.2) is 0 Å². The fourth-order valence-electron chi connectivity index (χ4n) is 2.77. The molecule has 0 aliphatic heterocycles. The summed E-state index contributed by atoms with van der Waals surface area (Å²) in [7, 11) is 0. The minimum absolute atomic E-state index is 0.146. The maximum atomic E-state index is 5.50. The highest BCUT2D eigenvalue weighted by Gasteiger charge is 2.29. The van der Waals surface area contributed by atoms with Crippen LogP contribution in [0.2, 0.25) is 0 Å². The summed E-state index contributed by atoms with van der Waals surface area (Å²) < 4.78 is 0. The molecule has 0 aromatic carbocycles. The third-order valence-electron chi connectivity index (χ3n) is 3.95. The van der Waals surface area contributed by atoms with Gasteiger partial charge in [0, 0.05) is 0 Å². The maximum absolute atomic E-state index is 5.50. The molecule has 0 heterocycles. The SMILES string of the molecule is CCN(CC)C(C)(C)NC(=S)NC(C)(C)N(CC)CC. The molecule has 0 unspecified atom stereocenters. The van der Waals surface area contributed by atoms with E-state index in [-0.39, 0.29) is 11.3 Å². The molecule has 0 aromatic rings. The lowest BCUT2D eigenvalue weighted by Gasteiger charge is -2.42. The van der Waals surface area contributed by atoms with Crippen LogP contribution in [0.4, 0.5) is 0 Å². The Labute approximate surface area is 131 Å². The molecule has 2 N–H and O–H groups in total. The van der Waals surface area contributed by atoms with Crippen molar-refractivity contribution in [2.24, 2.45) is 0 Å². The minimum Gasteiger partial charge on any atom is -0.345 e. The molecule has 0 rings (SSSR count). The van der Waals surface area contributed by atoms with Gasteiger partial charge >= 0.3 is 0 Å². The fraction of sp³-hybridized carbons (Fsp3) is 0.933. The number of rotatable bonds is 8. The molecular weight excluding hydrogens is 268 g/mol. The largest absolute Gasteiger partial charge is 0.345 e. The van der Waals surface area contributed by atoms with Gasteiger partial charge in [0.05, 0.1) is 11.3 Å². The summed E-state index contributed by atoms with van der Waals surface area (Å²) in [6, 6.07) is 0. The van der Waals surface area contributed by atoms with Crippen molar-refractivity contribution in [2.45, 2.75) is 66.7 Å². The van der Waals surface area contributed by atoms with Gasteiger partial charge in [-0.3, -0.25) is 9.80 Å². The first-order chi connectivity index (χ1) is 9.14. The standard InChI is InChI=1S/C15H34N4S/c1-9-18(10-2)14(5,6)16-13(20)17-15(7,8)19(11-3)12-4/h9-12H2,1-8H3,(H2,16,17,20). The van der Waals surface area contributed by atoms with Gasteiger partial charge in [0.15, 0.2) is 5.11 Å². The zero-order valence-electron chi connectivity index (χ0n) is 14.6. The Morgan fingerprint density at radius 3 is 1.20 bits per heavy atom. The van der Waals surface area contributed by atoms with Crippen molar-refractivity contribution >= 4 is 17.3 Å². The van der Waals surface area contributed by atoms with Crippen LogP contribution < -0.4 is 10.6 Å². The van der Waals surface area contributed by atoms with Crippen LogP contribution in [0.1, 0.15) is 55.4 Å². The second-order valence-electron chi connectivity index (χ2n) is 6.04. The smallest absolute Gasteiger partial charge is 0.169 e. The summed E-state index contributed by atoms with van der Waals surface area (Å²) >= 11 is 5.50. The van der Waals surface area contributed by atoms with Gasteiger partial charge < -0.3 is 10.6 Å². The first kappa shape index (κ1) is 19.6. The number of nitrogens with zero attached hydrogens (tertiary/aromatic N) is 2. The molecule has 0 aliphatic rings. The second-order valence-corrected chi connectivity index (χ2v) is 6.45. The Morgan fingerprint density at radius 2 is 1.00 bits per heavy atom. The Bertz CT molecular complexity index is 266. The van der Waals surface area contributed by atoms with Crippen LogP contribution >= 0.6 is 12.2 Å². The first-order valence-corrected chi connectivity index (χ1v) is 8.15. The lowest BCUT2D eigenvalue weighted by Crippen LogP contribution is -2.64. The van der Waals surface area contributed by atoms with Crippen LogP contribution in [0.15, 0.2) is 0 Å². The van der Waals surface area contributed by atoms with Gasteiger partial charge in [-0.2, -0.15) is 0 Å². The quantitative estimate of drug-likeness (QED) is 0.532. The van der Waals surface area contributed by atoms with Crippen LogP contribution in [-0.2, 0) is 0 Å². The van der Waals surface area contributed by atoms with E-state index in [1.54, 1.807) is 0 Å². The van der Waals surface area contributed by atoms with E-state index >= 15 is 0 Å². The van der Waals surface area contributed by atoms with Crippen molar-refractivity contribution in [2.75, 3.05) is 26.2 Å². The molecule has 120 valence electrons. The molecule has 0 spiro atoms. The molecule has 0 aromatic heterocycles. The third kappa shape index (κ3) is 5.54. The second kappa shape index (κ2) is 8.15. The van der Waals surface area contributed by atoms with Gasteiger partial charge in [0.2, 0.25) is 0 Å². The average molecular weight is 303 g/mol.